The smallest absolute Gasteiger partial charge is 0.248 e. The van der Waals surface area contributed by atoms with Crippen LogP contribution in [-0.2, 0) is 14.8 Å². The Balaban J connectivity index is 1.34. The van der Waals surface area contributed by atoms with Crippen molar-refractivity contribution in [2.75, 3.05) is 39.3 Å². The van der Waals surface area contributed by atoms with Crippen molar-refractivity contribution in [1.29, 1.82) is 0 Å². The summed E-state index contributed by atoms with van der Waals surface area (Å²) in [5, 5.41) is 6.82. The van der Waals surface area contributed by atoms with E-state index >= 15 is 0 Å². The first-order chi connectivity index (χ1) is 17.8. The molecule has 0 aliphatic carbocycles. The number of carbonyl (C=O) groups is 1. The third kappa shape index (κ3) is 6.82. The predicted molar refractivity (Wildman–Crippen MR) is 136 cm³/mol. The molecule has 2 fully saturated rings. The van der Waals surface area contributed by atoms with Gasteiger partial charge in [-0.3, -0.25) is 4.79 Å². The molecular weight excluding hydrogens is 502 g/mol. The lowest BCUT2D eigenvalue weighted by molar-refractivity contribution is -0.126. The molecule has 3 heterocycles. The van der Waals surface area contributed by atoms with Gasteiger partial charge in [0.25, 0.3) is 0 Å². The van der Waals surface area contributed by atoms with Gasteiger partial charge in [0.15, 0.2) is 10.7 Å². The Morgan fingerprint density at radius 2 is 1.81 bits per heavy atom. The number of nitrogens with zero attached hydrogens (tertiary/aromatic N) is 3. The van der Waals surface area contributed by atoms with Crippen LogP contribution in [0.15, 0.2) is 27.6 Å². The Bertz CT molecular complexity index is 1220. The molecule has 2 aliphatic rings. The second kappa shape index (κ2) is 12.3. The first-order valence-electron chi connectivity index (χ1n) is 12.9. The van der Waals surface area contributed by atoms with Crippen LogP contribution in [0.25, 0.3) is 12.2 Å². The van der Waals surface area contributed by atoms with Crippen molar-refractivity contribution in [2.45, 2.75) is 50.3 Å². The van der Waals surface area contributed by atoms with Crippen LogP contribution in [-0.4, -0.2) is 68.0 Å². The zero-order chi connectivity index (χ0) is 26.4. The highest BCUT2D eigenvalue weighted by molar-refractivity contribution is 7.89. The van der Waals surface area contributed by atoms with Crippen molar-refractivity contribution in [1.82, 2.24) is 19.7 Å². The highest BCUT2D eigenvalue weighted by Gasteiger charge is 2.35. The number of halogens is 2. The monoisotopic (exact) mass is 536 g/mol. The maximum Gasteiger partial charge on any atom is 0.248 e. The van der Waals surface area contributed by atoms with E-state index in [1.165, 1.54) is 55.1 Å². The fraction of sp³-hybridized carbons (Fsp3) is 0.538. The van der Waals surface area contributed by atoms with Crippen LogP contribution in [0.5, 0.6) is 0 Å². The summed E-state index contributed by atoms with van der Waals surface area (Å²) in [4.78, 5) is 15.0. The molecular formula is C26H34F2N4O4S. The summed E-state index contributed by atoms with van der Waals surface area (Å²) in [5.74, 6) is -1.78. The average molecular weight is 537 g/mol. The minimum absolute atomic E-state index is 0.0297. The zero-order valence-electron chi connectivity index (χ0n) is 21.1. The Morgan fingerprint density at radius 3 is 2.49 bits per heavy atom. The van der Waals surface area contributed by atoms with E-state index in [4.69, 9.17) is 4.52 Å². The number of hydrogen-bond donors (Lipinski definition) is 1. The fourth-order valence-electron chi connectivity index (χ4n) is 4.93. The van der Waals surface area contributed by atoms with Gasteiger partial charge in [0.2, 0.25) is 15.9 Å². The number of hydrogen-bond acceptors (Lipinski definition) is 6. The fourth-order valence-corrected chi connectivity index (χ4v) is 6.65. The standard InChI is InChI=1S/C26H34F2N4O4S/c1-19-25(24(36-30-19)9-7-20-6-8-22(27)18-23(20)28)37(34,35)32-15-10-21(11-16-32)26(33)29-12-17-31-13-4-2-3-5-14-31/h6-9,18,21H,2-5,10-17H2,1H3,(H,29,33)/b9-7+. The topological polar surface area (TPSA) is 95.8 Å². The molecule has 11 heteroatoms. The zero-order valence-corrected chi connectivity index (χ0v) is 21.9. The quantitative estimate of drug-likeness (QED) is 0.551. The summed E-state index contributed by atoms with van der Waals surface area (Å²) in [6.45, 7) is 5.51. The second-order valence-electron chi connectivity index (χ2n) is 9.69. The molecule has 0 bridgehead atoms. The van der Waals surface area contributed by atoms with Gasteiger partial charge in [-0.05, 0) is 70.0 Å². The maximum atomic E-state index is 14.0. The van der Waals surface area contributed by atoms with Crippen LogP contribution in [0.2, 0.25) is 0 Å². The van der Waals surface area contributed by atoms with Gasteiger partial charge in [-0.15, -0.1) is 0 Å². The maximum absolute atomic E-state index is 14.0. The Labute approximate surface area is 216 Å². The van der Waals surface area contributed by atoms with Crippen molar-refractivity contribution in [2.24, 2.45) is 5.92 Å². The molecule has 1 amide bonds. The van der Waals surface area contributed by atoms with Crippen LogP contribution in [0.3, 0.4) is 0 Å². The lowest BCUT2D eigenvalue weighted by Crippen LogP contribution is -2.44. The van der Waals surface area contributed by atoms with Gasteiger partial charge >= 0.3 is 0 Å². The summed E-state index contributed by atoms with van der Waals surface area (Å²) in [6.07, 6.45) is 8.41. The largest absolute Gasteiger partial charge is 0.355 e. The van der Waals surface area contributed by atoms with Crippen molar-refractivity contribution < 1.29 is 26.5 Å². The molecule has 8 nitrogen and oxygen atoms in total. The lowest BCUT2D eigenvalue weighted by Gasteiger charge is -2.30. The van der Waals surface area contributed by atoms with Gasteiger partial charge in [-0.2, -0.15) is 4.31 Å². The van der Waals surface area contributed by atoms with E-state index in [2.05, 4.69) is 15.4 Å². The molecule has 0 unspecified atom stereocenters. The summed E-state index contributed by atoms with van der Waals surface area (Å²) in [6, 6.07) is 3.11. The number of rotatable bonds is 8. The third-order valence-electron chi connectivity index (χ3n) is 7.06. The van der Waals surface area contributed by atoms with Gasteiger partial charge in [-0.25, -0.2) is 17.2 Å². The van der Waals surface area contributed by atoms with Crippen LogP contribution in [0.1, 0.15) is 55.5 Å². The van der Waals surface area contributed by atoms with Crippen molar-refractivity contribution in [3.63, 3.8) is 0 Å². The number of amides is 1. The number of sulfonamides is 1. The van der Waals surface area contributed by atoms with E-state index < -0.39 is 21.7 Å². The van der Waals surface area contributed by atoms with Gasteiger partial charge < -0.3 is 14.7 Å². The van der Waals surface area contributed by atoms with Gasteiger partial charge in [0.1, 0.15) is 17.3 Å². The highest BCUT2D eigenvalue weighted by atomic mass is 32.2. The number of likely N-dealkylation sites (tertiary alicyclic amines) is 1. The normalized spacial score (nSPS) is 18.8. The SMILES string of the molecule is Cc1noc(/C=C/c2ccc(F)cc2F)c1S(=O)(=O)N1CCC(C(=O)NCCN2CCCCCC2)CC1. The molecule has 202 valence electrons. The van der Waals surface area contributed by atoms with Gasteiger partial charge in [-0.1, -0.05) is 18.0 Å². The minimum atomic E-state index is -3.95. The van der Waals surface area contributed by atoms with Crippen LogP contribution in [0, 0.1) is 24.5 Å². The molecule has 2 saturated heterocycles. The number of piperidine rings is 1. The molecule has 2 aliphatic heterocycles. The van der Waals surface area contributed by atoms with Crippen molar-refractivity contribution in [3.05, 3.63) is 46.9 Å². The lowest BCUT2D eigenvalue weighted by atomic mass is 9.97. The van der Waals surface area contributed by atoms with Crippen molar-refractivity contribution >= 4 is 28.1 Å². The molecule has 1 aromatic heterocycles. The molecule has 4 rings (SSSR count). The van der Waals surface area contributed by atoms with E-state index in [1.807, 2.05) is 0 Å². The average Bonchev–Trinajstić information content (AvgIpc) is 3.07. The van der Waals surface area contributed by atoms with E-state index in [9.17, 15) is 22.0 Å². The number of benzene rings is 1. The molecule has 0 saturated carbocycles. The molecule has 0 spiro atoms. The number of carbonyl (C=O) groups excluding carboxylic acids is 1. The van der Waals surface area contributed by atoms with Crippen LogP contribution < -0.4 is 5.32 Å². The molecule has 37 heavy (non-hydrogen) atoms. The highest BCUT2D eigenvalue weighted by Crippen LogP contribution is 2.29. The summed E-state index contributed by atoms with van der Waals surface area (Å²) in [7, 11) is -3.95. The third-order valence-corrected chi connectivity index (χ3v) is 9.12. The van der Waals surface area contributed by atoms with Crippen LogP contribution in [0.4, 0.5) is 8.78 Å². The molecule has 2 aromatic rings. The Hall–Kier alpha value is -2.63. The van der Waals surface area contributed by atoms with Crippen molar-refractivity contribution in [3.8, 4) is 0 Å². The molecule has 1 N–H and O–H groups in total. The first-order valence-corrected chi connectivity index (χ1v) is 14.3. The summed E-state index contributed by atoms with van der Waals surface area (Å²) >= 11 is 0. The predicted octanol–water partition coefficient (Wildman–Crippen LogP) is 3.82. The summed E-state index contributed by atoms with van der Waals surface area (Å²) in [5.41, 5.74) is 0.272. The molecule has 1 aromatic carbocycles. The number of aryl methyl sites for hydroxylation is 1. The van der Waals surface area contributed by atoms with E-state index in [-0.39, 0.29) is 46.8 Å². The number of aromatic nitrogens is 1. The van der Waals surface area contributed by atoms with Gasteiger partial charge in [0, 0.05) is 43.7 Å². The molecule has 0 atom stereocenters. The Morgan fingerprint density at radius 1 is 1.11 bits per heavy atom. The molecule has 0 radical (unpaired) electrons. The Kier molecular flexibility index (Phi) is 9.09. The van der Waals surface area contributed by atoms with E-state index in [1.54, 1.807) is 0 Å². The number of nitrogens with one attached hydrogen (secondary N) is 1. The van der Waals surface area contributed by atoms with E-state index in [0.29, 0.717) is 19.4 Å². The summed E-state index contributed by atoms with van der Waals surface area (Å²) < 4.78 is 60.5. The van der Waals surface area contributed by atoms with E-state index in [0.717, 1.165) is 31.8 Å². The van der Waals surface area contributed by atoms with Gasteiger partial charge in [0.05, 0.1) is 0 Å². The second-order valence-corrected chi connectivity index (χ2v) is 11.6. The van der Waals surface area contributed by atoms with Crippen LogP contribution >= 0.6 is 0 Å². The minimum Gasteiger partial charge on any atom is -0.355 e. The first kappa shape index (κ1) is 27.4.